The maximum atomic E-state index is 3.47. The highest BCUT2D eigenvalue weighted by Gasteiger charge is 3.65. The molecule has 38 unspecified atom stereocenters. The Labute approximate surface area is 285 Å². The van der Waals surface area contributed by atoms with Gasteiger partial charge in [-0.2, -0.15) is 0 Å². The van der Waals surface area contributed by atoms with E-state index in [9.17, 15) is 0 Å². The summed E-state index contributed by atoms with van der Waals surface area (Å²) in [4.78, 5) is 0. The Morgan fingerprint density at radius 2 is 0.520 bits per heavy atom. The van der Waals surface area contributed by atoms with Crippen LogP contribution in [-0.4, -0.2) is 0 Å². The van der Waals surface area contributed by atoms with Gasteiger partial charge in [0.15, 0.2) is 0 Å². The van der Waals surface area contributed by atoms with E-state index in [2.05, 4.69) is 6.92 Å². The molecule has 35 aliphatic carbocycles. The molecule has 38 atom stereocenters. The molecule has 0 heterocycles. The molecule has 0 nitrogen and oxygen atoms in total. The lowest BCUT2D eigenvalue weighted by Gasteiger charge is -3.63. The lowest BCUT2D eigenvalue weighted by atomic mass is 8.39. The van der Waals surface area contributed by atoms with Gasteiger partial charge < -0.3 is 0 Å². The smallest absolute Gasteiger partial charge is 0.00129 e. The average molecular weight is 633 g/mol. The van der Waals surface area contributed by atoms with E-state index in [1.807, 2.05) is 25.7 Å². The predicted molar refractivity (Wildman–Crippen MR) is 156 cm³/mol. The van der Waals surface area contributed by atoms with Gasteiger partial charge in [-0.3, -0.25) is 0 Å². The van der Waals surface area contributed by atoms with Gasteiger partial charge in [0, 0.05) is 0 Å². The van der Waals surface area contributed by atoms with Crippen molar-refractivity contribution in [2.24, 2.45) is 254 Å². The van der Waals surface area contributed by atoms with Crippen LogP contribution in [-0.2, 0) is 0 Å². The largest absolute Gasteiger partial charge is 0.0579 e. The second kappa shape index (κ2) is 2.54. The van der Waals surface area contributed by atoms with Crippen LogP contribution in [0.15, 0.2) is 0 Å². The summed E-state index contributed by atoms with van der Waals surface area (Å²) in [6.45, 7) is 3.47. The minimum Gasteiger partial charge on any atom is -0.0579 e. The molecule has 35 rings (SSSR count). The van der Waals surface area contributed by atoms with Crippen LogP contribution in [0.5, 0.6) is 0 Å². The van der Waals surface area contributed by atoms with E-state index in [4.69, 9.17) is 0 Å². The molecule has 35 aliphatic rings. The van der Waals surface area contributed by atoms with E-state index in [1.54, 1.807) is 0 Å². The lowest BCUT2D eigenvalue weighted by Crippen LogP contribution is -3.62. The Morgan fingerprint density at radius 1 is 0.260 bits per heavy atom. The molecular formula is C50H32. The van der Waals surface area contributed by atoms with Crippen molar-refractivity contribution < 1.29 is 0 Å². The van der Waals surface area contributed by atoms with Crippen LogP contribution in [0.1, 0.15) is 32.6 Å². The predicted octanol–water partition coefficient (Wildman–Crippen LogP) is 4.66. The first-order valence-corrected chi connectivity index (χ1v) is 24.7. The third-order valence-corrected chi connectivity index (χ3v) is 43.2. The van der Waals surface area contributed by atoms with Crippen LogP contribution in [0.2, 0.25) is 0 Å². The van der Waals surface area contributed by atoms with E-state index in [1.165, 1.54) is 124 Å². The van der Waals surface area contributed by atoms with Crippen LogP contribution < -0.4 is 0 Å². The number of fused-ring (bicyclic) bond motifs is 16. The second-order valence-electron chi connectivity index (χ2n) is 32.3. The standard InChI is InChI=1S/C50H32/c1-27-32-22-14-6-2-8-16-23-18-10-4-12-20-25-21-13-5-11-19-24-17-9-3-7-15(22)34(32)29(7,9)36(17)42(24)38(19)31(11,13)40(21)43(25)39(20)30(10,12)37(18)41(23)35(16)28(6,8)33(14,32)47(27,35)44(41)26-45(42,48(27,34)36)50(38,40)46(26,43)49(37,39)44/h6-26H,2-5H2,1H3. The first kappa shape index (κ1) is 17.0. The van der Waals surface area contributed by atoms with Crippen LogP contribution >= 0.6 is 0 Å². The average Bonchev–Trinajstić information content (AvgIpc) is 2.97. The quantitative estimate of drug-likeness (QED) is 0.365. The highest BCUT2D eigenvalue weighted by atomic mass is 15.7. The molecule has 0 aromatic heterocycles. The summed E-state index contributed by atoms with van der Waals surface area (Å²) in [5, 5.41) is 0. The van der Waals surface area contributed by atoms with Gasteiger partial charge in [0.05, 0.1) is 0 Å². The zero-order valence-electron chi connectivity index (χ0n) is 28.0. The lowest BCUT2D eigenvalue weighted by molar-refractivity contribution is -1.19. The summed E-state index contributed by atoms with van der Waals surface area (Å²) in [6.07, 6.45) is 7.38. The van der Waals surface area contributed by atoms with Gasteiger partial charge in [-0.15, -0.1) is 0 Å². The third kappa shape index (κ3) is 0.361. The number of hydrogen-bond acceptors (Lipinski definition) is 0. The number of rotatable bonds is 0. The van der Waals surface area contributed by atoms with Crippen LogP contribution in [0.4, 0.5) is 0 Å². The van der Waals surface area contributed by atoms with Crippen molar-refractivity contribution in [2.75, 3.05) is 0 Å². The summed E-state index contributed by atoms with van der Waals surface area (Å²) in [7, 11) is 0. The molecule has 232 valence electrons. The van der Waals surface area contributed by atoms with Crippen molar-refractivity contribution in [3.05, 3.63) is 0 Å². The Kier molecular flexibility index (Phi) is 0.863. The van der Waals surface area contributed by atoms with E-state index >= 15 is 0 Å². The van der Waals surface area contributed by atoms with E-state index in [0.717, 1.165) is 130 Å². The molecule has 0 bridgehead atoms. The monoisotopic (exact) mass is 632 g/mol. The topological polar surface area (TPSA) is 0 Å². The van der Waals surface area contributed by atoms with Gasteiger partial charge >= 0.3 is 0 Å². The summed E-state index contributed by atoms with van der Waals surface area (Å²) in [6, 6.07) is 0. The van der Waals surface area contributed by atoms with Gasteiger partial charge in [-0.1, -0.05) is 6.92 Å². The molecule has 0 heteroatoms. The van der Waals surface area contributed by atoms with Gasteiger partial charge in [0.25, 0.3) is 0 Å². The summed E-state index contributed by atoms with van der Waals surface area (Å²) in [5.74, 6) is 29.0. The zero-order valence-corrected chi connectivity index (χ0v) is 28.0. The van der Waals surface area contributed by atoms with Crippen molar-refractivity contribution in [3.63, 3.8) is 0 Å². The Morgan fingerprint density at radius 3 is 0.860 bits per heavy atom. The Hall–Kier alpha value is 0. The van der Waals surface area contributed by atoms with E-state index < -0.39 is 0 Å². The van der Waals surface area contributed by atoms with Gasteiger partial charge in [0.1, 0.15) is 0 Å². The van der Waals surface area contributed by atoms with Crippen LogP contribution in [0.25, 0.3) is 0 Å². The zero-order chi connectivity index (χ0) is 28.0. The maximum Gasteiger partial charge on any atom is -0.00129 e. The molecule has 0 amide bonds. The summed E-state index contributed by atoms with van der Waals surface area (Å²) >= 11 is 0. The highest BCUT2D eigenvalue weighted by Crippen LogP contribution is 3.66. The molecule has 0 aromatic rings. The Balaban J connectivity index is 0.891. The van der Waals surface area contributed by atoms with Gasteiger partial charge in [0.2, 0.25) is 0 Å². The van der Waals surface area contributed by atoms with Gasteiger partial charge in [-0.25, -0.2) is 0 Å². The van der Waals surface area contributed by atoms with Gasteiger partial charge in [-0.05, 0) is 280 Å². The molecule has 0 radical (unpaired) electrons. The normalized spacial score (nSPS) is 140. The first-order valence-electron chi connectivity index (χ1n) is 24.7. The molecule has 0 saturated heterocycles. The van der Waals surface area contributed by atoms with Crippen molar-refractivity contribution in [2.45, 2.75) is 32.6 Å². The number of hydrogen-bond donors (Lipinski definition) is 0. The Bertz CT molecular complexity index is 2950. The molecular weight excluding hydrogens is 601 g/mol. The van der Waals surface area contributed by atoms with Crippen molar-refractivity contribution in [3.8, 4) is 0 Å². The van der Waals surface area contributed by atoms with E-state index in [-0.39, 0.29) is 0 Å². The minimum atomic E-state index is 0.968. The molecule has 0 N–H and O–H groups in total. The highest BCUT2D eigenvalue weighted by molar-refractivity contribution is 6.09. The first-order chi connectivity index (χ1) is 24.7. The fraction of sp³-hybridized carbons (Fsp3) is 1.00. The molecule has 35 saturated carbocycles. The minimum absolute atomic E-state index is 0.968. The molecule has 0 aliphatic heterocycles. The molecule has 35 fully saturated rings. The fourth-order valence-electron chi connectivity index (χ4n) is 54.9. The maximum absolute atomic E-state index is 3.47. The fourth-order valence-corrected chi connectivity index (χ4v) is 54.9. The van der Waals surface area contributed by atoms with E-state index in [0.29, 0.717) is 0 Å². The molecule has 0 aromatic carbocycles. The van der Waals surface area contributed by atoms with Crippen molar-refractivity contribution in [1.29, 1.82) is 0 Å². The van der Waals surface area contributed by atoms with Crippen molar-refractivity contribution in [1.82, 2.24) is 0 Å². The van der Waals surface area contributed by atoms with Crippen molar-refractivity contribution >= 4 is 0 Å². The summed E-state index contributed by atoms with van der Waals surface area (Å²) < 4.78 is 0. The third-order valence-electron chi connectivity index (χ3n) is 43.2. The SMILES string of the molecule is CC12C34C5C6C7CC8C9C%10C%11C%12CC%13C%14C%15C%16C%17CC%18C%19C%20C%21C%22CC%23C5C35C%23%22C%213C%20%21C%19%20C%18%17C%16%17C%15%16C%14%15C%12%13C%11%12C%10%11C9%10C78C64C1%10C%111C4C%21(C253)C%20%17C4%16C%12%151. The van der Waals surface area contributed by atoms with Crippen LogP contribution in [0.3, 0.4) is 0 Å². The molecule has 23 spiro atoms. The van der Waals surface area contributed by atoms with Crippen LogP contribution in [0, 0.1) is 254 Å². The summed E-state index contributed by atoms with van der Waals surface area (Å²) in [5.41, 5.74) is 26.1. The molecule has 50 heavy (non-hydrogen) atoms. The second-order valence-corrected chi connectivity index (χ2v) is 32.3.